The molecule has 0 atom stereocenters. The molecule has 5 aromatic rings. The minimum absolute atomic E-state index is 0.0776. The molecule has 1 aliphatic rings. The van der Waals surface area contributed by atoms with E-state index >= 15 is 0 Å². The topological polar surface area (TPSA) is 59.8 Å². The van der Waals surface area contributed by atoms with Crippen molar-refractivity contribution in [3.8, 4) is 22.9 Å². The van der Waals surface area contributed by atoms with Crippen molar-refractivity contribution in [1.29, 1.82) is 0 Å². The van der Waals surface area contributed by atoms with Crippen molar-refractivity contribution in [1.82, 2.24) is 19.4 Å². The maximum absolute atomic E-state index is 14.0. The summed E-state index contributed by atoms with van der Waals surface area (Å²) in [6.45, 7) is 7.10. The molecule has 3 aromatic carbocycles. The number of benzene rings is 3. The van der Waals surface area contributed by atoms with Crippen molar-refractivity contribution in [2.24, 2.45) is 0 Å². The van der Waals surface area contributed by atoms with Gasteiger partial charge in [0.1, 0.15) is 23.1 Å². The number of para-hydroxylation sites is 1. The summed E-state index contributed by atoms with van der Waals surface area (Å²) in [5, 5.41) is 3.45. The van der Waals surface area contributed by atoms with Crippen LogP contribution in [-0.2, 0) is 26.1 Å². The summed E-state index contributed by atoms with van der Waals surface area (Å²) in [6, 6.07) is 28.1. The number of hydrogen-bond acceptors (Lipinski definition) is 6. The van der Waals surface area contributed by atoms with E-state index < -0.39 is 0 Å². The van der Waals surface area contributed by atoms with Gasteiger partial charge in [-0.1, -0.05) is 66.2 Å². The van der Waals surface area contributed by atoms with Gasteiger partial charge in [-0.05, 0) is 54.8 Å². The van der Waals surface area contributed by atoms with Gasteiger partial charge < -0.3 is 18.9 Å². The highest BCUT2D eigenvalue weighted by Gasteiger charge is 2.27. The first-order valence-electron chi connectivity index (χ1n) is 15.2. The Morgan fingerprint density at radius 3 is 2.40 bits per heavy atom. The number of hydrogen-bond donors (Lipinski definition) is 0. The maximum Gasteiger partial charge on any atom is 0.255 e. The summed E-state index contributed by atoms with van der Waals surface area (Å²) < 4.78 is 13.5. The lowest BCUT2D eigenvalue weighted by Gasteiger charge is -2.34. The molecule has 0 spiro atoms. The second kappa shape index (κ2) is 14.3. The molecule has 232 valence electrons. The number of ether oxygens (including phenoxy) is 2. The molecule has 0 radical (unpaired) electrons. The summed E-state index contributed by atoms with van der Waals surface area (Å²) in [6.07, 6.45) is 0.810. The Kier molecular flexibility index (Phi) is 9.84. The lowest BCUT2D eigenvalue weighted by Crippen LogP contribution is -2.48. The van der Waals surface area contributed by atoms with E-state index in [0.717, 1.165) is 59.5 Å². The zero-order valence-electron chi connectivity index (χ0n) is 25.6. The molecule has 0 aliphatic carbocycles. The lowest BCUT2D eigenvalue weighted by atomic mass is 10.1. The molecule has 1 aliphatic heterocycles. The molecule has 0 saturated carbocycles. The number of aromatic nitrogens is 2. The zero-order chi connectivity index (χ0) is 31.2. The van der Waals surface area contributed by atoms with Crippen LogP contribution in [-0.4, -0.2) is 58.5 Å². The van der Waals surface area contributed by atoms with E-state index in [9.17, 15) is 4.79 Å². The molecule has 1 fully saturated rings. The summed E-state index contributed by atoms with van der Waals surface area (Å²) in [5.74, 6) is 1.54. The molecule has 7 nitrogen and oxygen atoms in total. The fourth-order valence-electron chi connectivity index (χ4n) is 5.71. The zero-order valence-corrected chi connectivity index (χ0v) is 27.2. The van der Waals surface area contributed by atoms with Crippen LogP contribution in [0, 0.1) is 6.92 Å². The molecular weight excluding hydrogens is 604 g/mol. The van der Waals surface area contributed by atoms with Crippen LogP contribution in [0.3, 0.4) is 0 Å². The molecule has 1 amide bonds. The molecule has 0 bridgehead atoms. The smallest absolute Gasteiger partial charge is 0.255 e. The quantitative estimate of drug-likeness (QED) is 0.151. The first-order chi connectivity index (χ1) is 22.0. The second-order valence-corrected chi connectivity index (χ2v) is 12.5. The van der Waals surface area contributed by atoms with Crippen LogP contribution in [0.1, 0.15) is 32.2 Å². The largest absolute Gasteiger partial charge is 0.497 e. The van der Waals surface area contributed by atoms with E-state index in [0.29, 0.717) is 37.0 Å². The molecule has 0 unspecified atom stereocenters. The summed E-state index contributed by atoms with van der Waals surface area (Å²) >= 11 is 7.82. The van der Waals surface area contributed by atoms with E-state index in [2.05, 4.69) is 45.9 Å². The van der Waals surface area contributed by atoms with Crippen LogP contribution in [0.4, 0.5) is 0 Å². The number of carbonyl (C=O) groups is 1. The number of aryl methyl sites for hydroxylation is 1. The van der Waals surface area contributed by atoms with Gasteiger partial charge in [0.25, 0.3) is 5.91 Å². The number of piperazine rings is 1. The second-order valence-electron chi connectivity index (χ2n) is 11.2. The van der Waals surface area contributed by atoms with Gasteiger partial charge in [-0.15, -0.1) is 11.3 Å². The van der Waals surface area contributed by atoms with Crippen molar-refractivity contribution in [2.75, 3.05) is 33.3 Å². The van der Waals surface area contributed by atoms with Gasteiger partial charge in [0.2, 0.25) is 0 Å². The lowest BCUT2D eigenvalue weighted by molar-refractivity contribution is 0.0627. The Labute approximate surface area is 273 Å². The average Bonchev–Trinajstić information content (AvgIpc) is 3.68. The van der Waals surface area contributed by atoms with Crippen molar-refractivity contribution in [2.45, 2.75) is 33.0 Å². The Hall–Kier alpha value is -4.11. The van der Waals surface area contributed by atoms with E-state index in [4.69, 9.17) is 26.1 Å². The highest BCUT2D eigenvalue weighted by Crippen LogP contribution is 2.30. The van der Waals surface area contributed by atoms with Gasteiger partial charge in [-0.2, -0.15) is 0 Å². The number of nitrogens with zero attached hydrogens (tertiary/aromatic N) is 4. The first-order valence-corrected chi connectivity index (χ1v) is 16.4. The highest BCUT2D eigenvalue weighted by atomic mass is 35.5. The van der Waals surface area contributed by atoms with Crippen molar-refractivity contribution in [3.05, 3.63) is 123 Å². The minimum atomic E-state index is 0.0776. The fraction of sp³-hybridized carbons (Fsp3) is 0.278. The van der Waals surface area contributed by atoms with Gasteiger partial charge in [0.05, 0.1) is 29.1 Å². The van der Waals surface area contributed by atoms with E-state index in [1.165, 1.54) is 11.1 Å². The fourth-order valence-corrected chi connectivity index (χ4v) is 6.60. The third-order valence-corrected chi connectivity index (χ3v) is 9.43. The van der Waals surface area contributed by atoms with E-state index in [-0.39, 0.29) is 5.91 Å². The maximum atomic E-state index is 14.0. The van der Waals surface area contributed by atoms with Gasteiger partial charge in [-0.25, -0.2) is 4.98 Å². The summed E-state index contributed by atoms with van der Waals surface area (Å²) in [5.41, 5.74) is 5.96. The normalized spacial score (nSPS) is 13.6. The van der Waals surface area contributed by atoms with Crippen LogP contribution in [0.25, 0.3) is 11.4 Å². The average molecular weight is 641 g/mol. The number of carbonyl (C=O) groups excluding carboxylic acids is 1. The standard InChI is InChI=1S/C36H37ClN4O3S/c1-26-30(36(42)40-20-18-39(19-21-40)23-28-8-4-3-5-9-28)22-33(41(26)17-16-27-12-14-29(43-2)15-13-27)32-25-45-35(38-32)24-44-34-11-7-6-10-31(34)37/h3-15,22,25H,16-21,23-24H2,1-2H3. The third kappa shape index (κ3) is 7.41. The number of methoxy groups -OCH3 is 1. The Bertz CT molecular complexity index is 1730. The van der Waals surface area contributed by atoms with Crippen molar-refractivity contribution < 1.29 is 14.3 Å². The SMILES string of the molecule is COc1ccc(CCn2c(-c3csc(COc4ccccc4Cl)n3)cc(C(=O)N3CCN(Cc4ccccc4)CC3)c2C)cc1. The van der Waals surface area contributed by atoms with Crippen LogP contribution in [0.5, 0.6) is 11.5 Å². The van der Waals surface area contributed by atoms with Crippen LogP contribution < -0.4 is 9.47 Å². The summed E-state index contributed by atoms with van der Waals surface area (Å²) in [7, 11) is 1.67. The third-order valence-electron chi connectivity index (χ3n) is 8.29. The molecule has 3 heterocycles. The molecule has 2 aromatic heterocycles. The monoisotopic (exact) mass is 640 g/mol. The van der Waals surface area contributed by atoms with Crippen molar-refractivity contribution in [3.63, 3.8) is 0 Å². The predicted octanol–water partition coefficient (Wildman–Crippen LogP) is 7.36. The number of amides is 1. The Morgan fingerprint density at radius 2 is 1.67 bits per heavy atom. The Balaban J connectivity index is 1.20. The predicted molar refractivity (Wildman–Crippen MR) is 180 cm³/mol. The van der Waals surface area contributed by atoms with Gasteiger partial charge >= 0.3 is 0 Å². The van der Waals surface area contributed by atoms with Gasteiger partial charge in [0.15, 0.2) is 0 Å². The minimum Gasteiger partial charge on any atom is -0.497 e. The van der Waals surface area contributed by atoms with Gasteiger partial charge in [-0.3, -0.25) is 9.69 Å². The number of rotatable bonds is 11. The van der Waals surface area contributed by atoms with E-state index in [1.807, 2.05) is 65.7 Å². The van der Waals surface area contributed by atoms with E-state index in [1.54, 1.807) is 18.4 Å². The summed E-state index contributed by atoms with van der Waals surface area (Å²) in [4.78, 5) is 23.3. The molecule has 45 heavy (non-hydrogen) atoms. The van der Waals surface area contributed by atoms with Crippen molar-refractivity contribution >= 4 is 28.8 Å². The highest BCUT2D eigenvalue weighted by molar-refractivity contribution is 7.09. The van der Waals surface area contributed by atoms with Gasteiger partial charge in [0, 0.05) is 50.3 Å². The molecule has 0 N–H and O–H groups in total. The van der Waals surface area contributed by atoms with Crippen LogP contribution >= 0.6 is 22.9 Å². The Morgan fingerprint density at radius 1 is 0.933 bits per heavy atom. The first kappa shape index (κ1) is 30.9. The molecule has 9 heteroatoms. The molecular formula is C36H37ClN4O3S. The molecule has 1 saturated heterocycles. The van der Waals surface area contributed by atoms with Crippen LogP contribution in [0.15, 0.2) is 90.3 Å². The van der Waals surface area contributed by atoms with Crippen LogP contribution in [0.2, 0.25) is 5.02 Å². The number of halogens is 1. The molecule has 6 rings (SSSR count). The number of thiazole rings is 1.